The number of amides is 1. The van der Waals surface area contributed by atoms with Crippen LogP contribution in [-0.4, -0.2) is 22.5 Å². The van der Waals surface area contributed by atoms with E-state index in [4.69, 9.17) is 10.9 Å². The van der Waals surface area contributed by atoms with Crippen LogP contribution >= 0.6 is 0 Å². The van der Waals surface area contributed by atoms with Crippen molar-refractivity contribution in [3.05, 3.63) is 0 Å². The maximum absolute atomic E-state index is 12.3. The zero-order valence-corrected chi connectivity index (χ0v) is 12.4. The van der Waals surface area contributed by atoms with E-state index in [0.29, 0.717) is 18.3 Å². The summed E-state index contributed by atoms with van der Waals surface area (Å²) in [5.41, 5.74) is 5.24. The zero-order valence-electron chi connectivity index (χ0n) is 12.4. The maximum atomic E-state index is 12.3. The molecule has 0 saturated heterocycles. The molecule has 2 rings (SSSR count). The molecule has 0 unspecified atom stereocenters. The highest BCUT2D eigenvalue weighted by Crippen LogP contribution is 2.33. The van der Waals surface area contributed by atoms with Crippen molar-refractivity contribution in [2.75, 3.05) is 0 Å². The third-order valence-electron chi connectivity index (χ3n) is 5.05. The van der Waals surface area contributed by atoms with Crippen LogP contribution in [0, 0.1) is 11.8 Å². The smallest absolute Gasteiger partial charge is 0.221 e. The second-order valence-electron chi connectivity index (χ2n) is 6.65. The van der Waals surface area contributed by atoms with Crippen molar-refractivity contribution >= 4 is 11.7 Å². The summed E-state index contributed by atoms with van der Waals surface area (Å²) in [4.78, 5) is 12.3. The number of rotatable bonds is 4. The van der Waals surface area contributed by atoms with E-state index >= 15 is 0 Å². The minimum atomic E-state index is -0.628. The fraction of sp³-hybridized carbons (Fsp3) is 0.867. The standard InChI is InChI=1S/C15H27N3O2/c1-11-6-8-15(9-7-11,14(16)18-20)17-13(19)10-12-4-2-3-5-12/h11-12,20H,2-10H2,1H3,(H2,16,18)(H,17,19). The molecule has 2 fully saturated rings. The van der Waals surface area contributed by atoms with E-state index in [0.717, 1.165) is 38.5 Å². The fourth-order valence-electron chi connectivity index (χ4n) is 3.59. The van der Waals surface area contributed by atoms with Gasteiger partial charge >= 0.3 is 0 Å². The predicted octanol–water partition coefficient (Wildman–Crippen LogP) is 2.38. The number of nitrogens with two attached hydrogens (primary N) is 1. The molecule has 0 aliphatic heterocycles. The van der Waals surface area contributed by atoms with Crippen molar-refractivity contribution in [3.63, 3.8) is 0 Å². The third kappa shape index (κ3) is 3.44. The van der Waals surface area contributed by atoms with Crippen LogP contribution in [-0.2, 0) is 4.79 Å². The lowest BCUT2D eigenvalue weighted by Gasteiger charge is -2.39. The van der Waals surface area contributed by atoms with Gasteiger partial charge in [0.1, 0.15) is 5.54 Å². The van der Waals surface area contributed by atoms with Crippen LogP contribution < -0.4 is 11.1 Å². The highest BCUT2D eigenvalue weighted by Gasteiger charge is 2.40. The van der Waals surface area contributed by atoms with Gasteiger partial charge in [-0.15, -0.1) is 0 Å². The lowest BCUT2D eigenvalue weighted by molar-refractivity contribution is -0.123. The van der Waals surface area contributed by atoms with Gasteiger partial charge in [0.15, 0.2) is 5.84 Å². The molecule has 0 aromatic carbocycles. The molecular weight excluding hydrogens is 254 g/mol. The van der Waals surface area contributed by atoms with E-state index in [1.165, 1.54) is 12.8 Å². The monoisotopic (exact) mass is 281 g/mol. The van der Waals surface area contributed by atoms with Crippen molar-refractivity contribution < 1.29 is 10.0 Å². The van der Waals surface area contributed by atoms with Gasteiger partial charge in [-0.25, -0.2) is 0 Å². The van der Waals surface area contributed by atoms with Crippen LogP contribution in [0.1, 0.15) is 64.7 Å². The van der Waals surface area contributed by atoms with Gasteiger partial charge in [0.05, 0.1) is 0 Å². The van der Waals surface area contributed by atoms with Crippen LogP contribution in [0.5, 0.6) is 0 Å². The summed E-state index contributed by atoms with van der Waals surface area (Å²) in [6, 6.07) is 0. The first-order valence-corrected chi connectivity index (χ1v) is 7.85. The molecule has 0 radical (unpaired) electrons. The van der Waals surface area contributed by atoms with Crippen molar-refractivity contribution in [2.45, 2.75) is 70.3 Å². The summed E-state index contributed by atoms with van der Waals surface area (Å²) in [6.07, 6.45) is 8.89. The highest BCUT2D eigenvalue weighted by molar-refractivity contribution is 5.94. The van der Waals surface area contributed by atoms with Gasteiger partial charge in [-0.05, 0) is 50.4 Å². The SMILES string of the molecule is CC1CCC(NC(=O)CC2CCCC2)(/C(N)=N/O)CC1. The number of carbonyl (C=O) groups excluding carboxylic acids is 1. The Morgan fingerprint density at radius 1 is 1.30 bits per heavy atom. The molecule has 0 heterocycles. The lowest BCUT2D eigenvalue weighted by Crippen LogP contribution is -2.59. The first-order chi connectivity index (χ1) is 9.55. The second kappa shape index (κ2) is 6.46. The van der Waals surface area contributed by atoms with E-state index in [9.17, 15) is 4.79 Å². The number of nitrogens with one attached hydrogen (secondary N) is 1. The van der Waals surface area contributed by atoms with Gasteiger partial charge in [0, 0.05) is 6.42 Å². The molecular formula is C15H27N3O2. The molecule has 2 aliphatic carbocycles. The average Bonchev–Trinajstić information content (AvgIpc) is 2.93. The van der Waals surface area contributed by atoms with Crippen molar-refractivity contribution in [1.82, 2.24) is 5.32 Å². The van der Waals surface area contributed by atoms with Gasteiger partial charge in [0.2, 0.25) is 5.91 Å². The van der Waals surface area contributed by atoms with Gasteiger partial charge in [0.25, 0.3) is 0 Å². The number of carbonyl (C=O) groups is 1. The number of nitrogens with zero attached hydrogens (tertiary/aromatic N) is 1. The lowest BCUT2D eigenvalue weighted by atomic mass is 9.76. The molecule has 5 heteroatoms. The summed E-state index contributed by atoms with van der Waals surface area (Å²) in [6.45, 7) is 2.20. The Bertz CT molecular complexity index is 367. The molecule has 1 amide bonds. The number of hydrogen-bond acceptors (Lipinski definition) is 3. The Labute approximate surface area is 121 Å². The number of amidine groups is 1. The molecule has 0 spiro atoms. The van der Waals surface area contributed by atoms with Gasteiger partial charge in [-0.1, -0.05) is 24.9 Å². The van der Waals surface area contributed by atoms with Crippen LogP contribution in [0.15, 0.2) is 5.16 Å². The number of oxime groups is 1. The normalized spacial score (nSPS) is 32.2. The summed E-state index contributed by atoms with van der Waals surface area (Å²) in [5, 5.41) is 15.3. The van der Waals surface area contributed by atoms with Crippen molar-refractivity contribution in [3.8, 4) is 0 Å². The first kappa shape index (κ1) is 15.1. The topological polar surface area (TPSA) is 87.7 Å². The molecule has 20 heavy (non-hydrogen) atoms. The molecule has 2 aliphatic rings. The fourth-order valence-corrected chi connectivity index (χ4v) is 3.59. The minimum absolute atomic E-state index is 0.0538. The molecule has 5 nitrogen and oxygen atoms in total. The van der Waals surface area contributed by atoms with E-state index in [2.05, 4.69) is 17.4 Å². The van der Waals surface area contributed by atoms with E-state index in [1.807, 2.05) is 0 Å². The summed E-state index contributed by atoms with van der Waals surface area (Å²) in [5.74, 6) is 1.37. The summed E-state index contributed by atoms with van der Waals surface area (Å²) in [7, 11) is 0. The van der Waals surface area contributed by atoms with Crippen LogP contribution in [0.4, 0.5) is 0 Å². The first-order valence-electron chi connectivity index (χ1n) is 7.85. The van der Waals surface area contributed by atoms with Crippen LogP contribution in [0.3, 0.4) is 0 Å². The van der Waals surface area contributed by atoms with Gasteiger partial charge < -0.3 is 16.3 Å². The molecule has 4 N–H and O–H groups in total. The zero-order chi connectivity index (χ0) is 14.6. The Kier molecular flexibility index (Phi) is 4.89. The summed E-state index contributed by atoms with van der Waals surface area (Å²) < 4.78 is 0. The molecule has 114 valence electrons. The van der Waals surface area contributed by atoms with Crippen LogP contribution in [0.2, 0.25) is 0 Å². The molecule has 2 saturated carbocycles. The maximum Gasteiger partial charge on any atom is 0.221 e. The van der Waals surface area contributed by atoms with Crippen LogP contribution in [0.25, 0.3) is 0 Å². The minimum Gasteiger partial charge on any atom is -0.409 e. The van der Waals surface area contributed by atoms with Gasteiger partial charge in [-0.2, -0.15) is 0 Å². The second-order valence-corrected chi connectivity index (χ2v) is 6.65. The Hall–Kier alpha value is -1.26. The highest BCUT2D eigenvalue weighted by atomic mass is 16.4. The molecule has 0 aromatic heterocycles. The largest absolute Gasteiger partial charge is 0.409 e. The Morgan fingerprint density at radius 3 is 2.45 bits per heavy atom. The van der Waals surface area contributed by atoms with Crippen molar-refractivity contribution in [2.24, 2.45) is 22.7 Å². The van der Waals surface area contributed by atoms with E-state index in [-0.39, 0.29) is 11.7 Å². The Morgan fingerprint density at radius 2 is 1.90 bits per heavy atom. The van der Waals surface area contributed by atoms with E-state index < -0.39 is 5.54 Å². The molecule has 0 aromatic rings. The average molecular weight is 281 g/mol. The number of hydrogen-bond donors (Lipinski definition) is 3. The Balaban J connectivity index is 1.98. The van der Waals surface area contributed by atoms with E-state index in [1.54, 1.807) is 0 Å². The van der Waals surface area contributed by atoms with Crippen molar-refractivity contribution in [1.29, 1.82) is 0 Å². The third-order valence-corrected chi connectivity index (χ3v) is 5.05. The van der Waals surface area contributed by atoms with Gasteiger partial charge in [-0.3, -0.25) is 4.79 Å². The quantitative estimate of drug-likeness (QED) is 0.320. The predicted molar refractivity (Wildman–Crippen MR) is 78.5 cm³/mol. The summed E-state index contributed by atoms with van der Waals surface area (Å²) >= 11 is 0. The molecule has 0 bridgehead atoms. The molecule has 0 atom stereocenters.